The largest absolute Gasteiger partial charge is 0.481 e. The van der Waals surface area contributed by atoms with Gasteiger partial charge < -0.3 is 9.84 Å². The van der Waals surface area contributed by atoms with Crippen molar-refractivity contribution in [3.63, 3.8) is 0 Å². The first-order valence-electron chi connectivity index (χ1n) is 10.6. The van der Waals surface area contributed by atoms with Crippen molar-refractivity contribution in [2.24, 2.45) is 0 Å². The third-order valence-electron chi connectivity index (χ3n) is 5.60. The van der Waals surface area contributed by atoms with Crippen molar-refractivity contribution in [3.05, 3.63) is 71.8 Å². The topological polar surface area (TPSA) is 66.8 Å². The van der Waals surface area contributed by atoms with Crippen LogP contribution in [0, 0.1) is 0 Å². The van der Waals surface area contributed by atoms with Crippen molar-refractivity contribution in [2.45, 2.75) is 45.1 Å². The summed E-state index contributed by atoms with van der Waals surface area (Å²) < 4.78 is 5.51. The zero-order valence-electron chi connectivity index (χ0n) is 18.6. The van der Waals surface area contributed by atoms with Gasteiger partial charge in [-0.3, -0.25) is 14.5 Å². The minimum atomic E-state index is -0.833. The molecule has 0 aliphatic carbocycles. The molecule has 1 saturated heterocycles. The second-order valence-electron chi connectivity index (χ2n) is 7.63. The lowest BCUT2D eigenvalue weighted by molar-refractivity contribution is -0.134. The monoisotopic (exact) mass is 447 g/mol. The number of rotatable bonds is 7. The van der Waals surface area contributed by atoms with Gasteiger partial charge in [0.15, 0.2) is 0 Å². The second-order valence-corrected chi connectivity index (χ2v) is 7.63. The Morgan fingerprint density at radius 3 is 1.81 bits per heavy atom. The van der Waals surface area contributed by atoms with Crippen LogP contribution in [0.25, 0.3) is 0 Å². The Morgan fingerprint density at radius 1 is 1.00 bits per heavy atom. The van der Waals surface area contributed by atoms with Crippen molar-refractivity contribution in [1.82, 2.24) is 4.90 Å². The van der Waals surface area contributed by atoms with Crippen LogP contribution in [0.3, 0.4) is 0 Å². The predicted molar refractivity (Wildman–Crippen MR) is 126 cm³/mol. The number of carboxylic acids is 1. The number of halogens is 1. The second kappa shape index (κ2) is 13.3. The number of nitrogens with zero attached hydrogens (tertiary/aromatic N) is 1. The molecule has 1 atom stereocenters. The summed E-state index contributed by atoms with van der Waals surface area (Å²) in [7, 11) is 0. The van der Waals surface area contributed by atoms with Crippen LogP contribution in [0.15, 0.2) is 60.7 Å². The maximum absolute atomic E-state index is 13.4. The van der Waals surface area contributed by atoms with E-state index in [9.17, 15) is 4.79 Å². The fourth-order valence-electron chi connectivity index (χ4n) is 4.18. The zero-order chi connectivity index (χ0) is 22.0. The summed E-state index contributed by atoms with van der Waals surface area (Å²) in [5.41, 5.74) is 1.59. The molecule has 1 unspecified atom stereocenters. The van der Waals surface area contributed by atoms with Crippen LogP contribution in [0.1, 0.15) is 44.7 Å². The Bertz CT molecular complexity index is 748. The molecule has 1 aliphatic heterocycles. The van der Waals surface area contributed by atoms with Crippen LogP contribution in [0.2, 0.25) is 0 Å². The molecule has 3 rings (SSSR count). The van der Waals surface area contributed by atoms with Gasteiger partial charge in [0.2, 0.25) is 0 Å². The highest BCUT2D eigenvalue weighted by Gasteiger charge is 2.42. The van der Waals surface area contributed by atoms with Crippen LogP contribution in [0.5, 0.6) is 0 Å². The maximum Gasteiger partial charge on any atom is 0.300 e. The van der Waals surface area contributed by atoms with E-state index >= 15 is 0 Å². The molecular weight excluding hydrogens is 414 g/mol. The van der Waals surface area contributed by atoms with E-state index in [0.29, 0.717) is 12.5 Å². The summed E-state index contributed by atoms with van der Waals surface area (Å²) >= 11 is 0. The van der Waals surface area contributed by atoms with Gasteiger partial charge in [-0.1, -0.05) is 67.6 Å². The third kappa shape index (κ3) is 7.17. The number of hydrogen-bond acceptors (Lipinski definition) is 4. The third-order valence-corrected chi connectivity index (χ3v) is 5.60. The van der Waals surface area contributed by atoms with Crippen LogP contribution < -0.4 is 0 Å². The lowest BCUT2D eigenvalue weighted by Crippen LogP contribution is -2.48. The minimum Gasteiger partial charge on any atom is -0.481 e. The molecular formula is C25H34ClNO4. The summed E-state index contributed by atoms with van der Waals surface area (Å²) in [4.78, 5) is 24.9. The average molecular weight is 448 g/mol. The molecule has 0 radical (unpaired) electrons. The Labute approximate surface area is 191 Å². The summed E-state index contributed by atoms with van der Waals surface area (Å²) in [6, 6.07) is 20.9. The van der Waals surface area contributed by atoms with Gasteiger partial charge in [0.1, 0.15) is 5.78 Å². The van der Waals surface area contributed by atoms with Crippen molar-refractivity contribution in [1.29, 1.82) is 0 Å². The van der Waals surface area contributed by atoms with Gasteiger partial charge in [0.25, 0.3) is 5.97 Å². The minimum absolute atomic E-state index is 0. The number of ether oxygens (including phenoxy) is 1. The fraction of sp³-hybridized carbons (Fsp3) is 0.440. The van der Waals surface area contributed by atoms with Gasteiger partial charge in [-0.05, 0) is 24.5 Å². The van der Waals surface area contributed by atoms with Crippen LogP contribution in [-0.4, -0.2) is 54.1 Å². The van der Waals surface area contributed by atoms with Crippen molar-refractivity contribution < 1.29 is 19.4 Å². The molecule has 6 heteroatoms. The number of morpholine rings is 1. The summed E-state index contributed by atoms with van der Waals surface area (Å²) in [6.07, 6.45) is 1.31. The van der Waals surface area contributed by atoms with Gasteiger partial charge in [0, 0.05) is 32.5 Å². The normalized spacial score (nSPS) is 15.1. The molecule has 1 N–H and O–H groups in total. The van der Waals surface area contributed by atoms with Gasteiger partial charge in [-0.2, -0.15) is 0 Å². The van der Waals surface area contributed by atoms with E-state index in [4.69, 9.17) is 14.6 Å². The standard InChI is InChI=1S/C23H29NO2.C2H4O2.ClH/c1-3-22(25)23(20-10-6-4-7-11-20,21-12-8-5-9-13-21)18-19(2)24-14-16-26-17-15-24;1-2(3)4;/h4-13,19H,3,14-18H2,1-2H3;1H3,(H,3,4);1H. The molecule has 0 amide bonds. The average Bonchev–Trinajstić information content (AvgIpc) is 2.78. The van der Waals surface area contributed by atoms with Crippen LogP contribution in [-0.2, 0) is 19.7 Å². The highest BCUT2D eigenvalue weighted by Crippen LogP contribution is 2.39. The van der Waals surface area contributed by atoms with E-state index in [1.165, 1.54) is 0 Å². The molecule has 0 aromatic heterocycles. The number of aliphatic carboxylic acids is 1. The van der Waals surface area contributed by atoms with Gasteiger partial charge >= 0.3 is 0 Å². The first-order chi connectivity index (χ1) is 14.4. The SMILES string of the molecule is CC(=O)O.CCC(=O)C(CC(C)N1CCOCC1)(c1ccccc1)c1ccccc1.Cl. The molecule has 0 spiro atoms. The molecule has 1 heterocycles. The van der Waals surface area contributed by atoms with E-state index in [0.717, 1.165) is 50.8 Å². The van der Waals surface area contributed by atoms with E-state index in [1.807, 2.05) is 43.3 Å². The van der Waals surface area contributed by atoms with E-state index in [-0.39, 0.29) is 18.2 Å². The number of carboxylic acid groups (broad SMARTS) is 1. The lowest BCUT2D eigenvalue weighted by atomic mass is 9.67. The van der Waals surface area contributed by atoms with E-state index < -0.39 is 11.4 Å². The first-order valence-corrected chi connectivity index (χ1v) is 10.6. The van der Waals surface area contributed by atoms with Crippen LogP contribution in [0.4, 0.5) is 0 Å². The highest BCUT2D eigenvalue weighted by molar-refractivity contribution is 5.93. The Kier molecular flexibility index (Phi) is 11.5. The van der Waals surface area contributed by atoms with E-state index in [1.54, 1.807) is 0 Å². The molecule has 31 heavy (non-hydrogen) atoms. The number of Topliss-reactive ketones (excluding diaryl/α,β-unsaturated/α-hetero) is 1. The fourth-order valence-corrected chi connectivity index (χ4v) is 4.18. The molecule has 1 aliphatic rings. The number of carbonyl (C=O) groups excluding carboxylic acids is 1. The molecule has 2 aromatic rings. The molecule has 2 aromatic carbocycles. The molecule has 5 nitrogen and oxygen atoms in total. The molecule has 0 bridgehead atoms. The maximum atomic E-state index is 13.4. The van der Waals surface area contributed by atoms with Crippen LogP contribution >= 0.6 is 12.4 Å². The van der Waals surface area contributed by atoms with Gasteiger partial charge in [-0.15, -0.1) is 12.4 Å². The van der Waals surface area contributed by atoms with E-state index in [2.05, 4.69) is 36.1 Å². The molecule has 170 valence electrons. The van der Waals surface area contributed by atoms with Gasteiger partial charge in [-0.25, -0.2) is 0 Å². The predicted octanol–water partition coefficient (Wildman–Crippen LogP) is 4.58. The number of carbonyl (C=O) groups is 2. The van der Waals surface area contributed by atoms with Crippen molar-refractivity contribution in [3.8, 4) is 0 Å². The summed E-state index contributed by atoms with van der Waals surface area (Å²) in [5, 5.41) is 7.42. The zero-order valence-corrected chi connectivity index (χ0v) is 19.4. The summed E-state index contributed by atoms with van der Waals surface area (Å²) in [6.45, 7) is 8.71. The summed E-state index contributed by atoms with van der Waals surface area (Å²) in [5.74, 6) is -0.546. The Morgan fingerprint density at radius 2 is 1.42 bits per heavy atom. The smallest absolute Gasteiger partial charge is 0.300 e. The number of hydrogen-bond donors (Lipinski definition) is 1. The van der Waals surface area contributed by atoms with Crippen molar-refractivity contribution in [2.75, 3.05) is 26.3 Å². The van der Waals surface area contributed by atoms with Crippen molar-refractivity contribution >= 4 is 24.2 Å². The number of benzene rings is 2. The molecule has 0 saturated carbocycles. The highest BCUT2D eigenvalue weighted by atomic mass is 35.5. The number of ketones is 1. The van der Waals surface area contributed by atoms with Gasteiger partial charge in [0.05, 0.1) is 18.6 Å². The Hall–Kier alpha value is -2.21. The molecule has 1 fully saturated rings. The Balaban J connectivity index is 0.000000885. The quantitative estimate of drug-likeness (QED) is 0.673. The first kappa shape index (κ1) is 26.8. The lowest BCUT2D eigenvalue weighted by Gasteiger charge is -2.40.